The normalized spacial score (nSPS) is 18.0. The van der Waals surface area contributed by atoms with Crippen molar-refractivity contribution in [3.63, 3.8) is 0 Å². The number of hydrogen-bond donors (Lipinski definition) is 3. The van der Waals surface area contributed by atoms with Gasteiger partial charge in [0.2, 0.25) is 0 Å². The molecule has 1 aromatic rings. The maximum atomic E-state index is 12.1. The number of hydrogen-bond acceptors (Lipinski definition) is 3. The first kappa shape index (κ1) is 22.7. The quantitative estimate of drug-likeness (QED) is 0.322. The summed E-state index contributed by atoms with van der Waals surface area (Å²) in [7, 11) is 0. The predicted molar refractivity (Wildman–Crippen MR) is 117 cm³/mol. The first-order valence-electron chi connectivity index (χ1n) is 9.18. The Kier molecular flexibility index (Phi) is 10.6. The molecule has 2 rings (SSSR count). The van der Waals surface area contributed by atoms with Gasteiger partial charge in [0.25, 0.3) is 5.91 Å². The molecule has 2 atom stereocenters. The second-order valence-corrected chi connectivity index (χ2v) is 6.34. The van der Waals surface area contributed by atoms with E-state index < -0.39 is 0 Å². The highest BCUT2D eigenvalue weighted by Gasteiger charge is 2.23. The van der Waals surface area contributed by atoms with Crippen molar-refractivity contribution >= 4 is 41.5 Å². The highest BCUT2D eigenvalue weighted by atomic mass is 127. The summed E-state index contributed by atoms with van der Waals surface area (Å²) < 4.78 is 5.42. The van der Waals surface area contributed by atoms with Gasteiger partial charge in [-0.3, -0.25) is 4.79 Å². The average molecular weight is 474 g/mol. The molecule has 0 bridgehead atoms. The van der Waals surface area contributed by atoms with Crippen LogP contribution < -0.4 is 16.0 Å². The van der Waals surface area contributed by atoms with E-state index in [0.29, 0.717) is 19.2 Å². The Balaban J connectivity index is 0.00000338. The monoisotopic (exact) mass is 474 g/mol. The third kappa shape index (κ3) is 7.49. The largest absolute Gasteiger partial charge is 0.368 e. The molecule has 1 aliphatic rings. The number of amides is 1. The summed E-state index contributed by atoms with van der Waals surface area (Å²) in [6.07, 6.45) is 2.46. The third-order valence-electron chi connectivity index (χ3n) is 4.18. The summed E-state index contributed by atoms with van der Waals surface area (Å²) in [6, 6.07) is 8.17. The second kappa shape index (κ2) is 12.1. The number of carbonyl (C=O) groups is 1. The van der Waals surface area contributed by atoms with Crippen LogP contribution in [0, 0.1) is 0 Å². The van der Waals surface area contributed by atoms with Gasteiger partial charge in [-0.25, -0.2) is 4.99 Å². The Morgan fingerprint density at radius 3 is 2.85 bits per heavy atom. The van der Waals surface area contributed by atoms with Crippen LogP contribution in [0.15, 0.2) is 29.3 Å². The fourth-order valence-corrected chi connectivity index (χ4v) is 2.58. The van der Waals surface area contributed by atoms with Crippen LogP contribution in [0.5, 0.6) is 0 Å². The number of nitrogens with zero attached hydrogens (tertiary/aromatic N) is 1. The standard InChI is InChI=1S/C19H30N4O2.HI/c1-4-14(3)22-19(20-5-2)21-13-15-8-6-9-16(12-15)23-18(24)17-10-7-11-25-17;/h6,8-9,12,14,17H,4-5,7,10-11,13H2,1-3H3,(H,23,24)(H2,20,21,22);1H. The van der Waals surface area contributed by atoms with Gasteiger partial charge in [0.05, 0.1) is 6.54 Å². The lowest BCUT2D eigenvalue weighted by atomic mass is 10.2. The number of rotatable bonds is 7. The number of nitrogens with one attached hydrogen (secondary N) is 3. The van der Waals surface area contributed by atoms with E-state index >= 15 is 0 Å². The zero-order valence-corrected chi connectivity index (χ0v) is 18.2. The number of halogens is 1. The zero-order valence-electron chi connectivity index (χ0n) is 15.9. The van der Waals surface area contributed by atoms with E-state index in [1.54, 1.807) is 0 Å². The molecule has 1 amide bonds. The molecule has 1 fully saturated rings. The van der Waals surface area contributed by atoms with Crippen LogP contribution in [-0.4, -0.2) is 37.2 Å². The smallest absolute Gasteiger partial charge is 0.253 e. The maximum absolute atomic E-state index is 12.1. The Hall–Kier alpha value is -1.35. The van der Waals surface area contributed by atoms with Crippen molar-refractivity contribution < 1.29 is 9.53 Å². The van der Waals surface area contributed by atoms with Crippen LogP contribution in [0.1, 0.15) is 45.6 Å². The lowest BCUT2D eigenvalue weighted by Crippen LogP contribution is -2.41. The van der Waals surface area contributed by atoms with Gasteiger partial charge in [-0.2, -0.15) is 0 Å². The molecule has 1 aromatic carbocycles. The highest BCUT2D eigenvalue weighted by molar-refractivity contribution is 14.0. The lowest BCUT2D eigenvalue weighted by Gasteiger charge is -2.16. The summed E-state index contributed by atoms with van der Waals surface area (Å²) in [4.78, 5) is 16.8. The zero-order chi connectivity index (χ0) is 18.1. The molecule has 6 nitrogen and oxygen atoms in total. The highest BCUT2D eigenvalue weighted by Crippen LogP contribution is 2.16. The molecule has 3 N–H and O–H groups in total. The summed E-state index contributed by atoms with van der Waals surface area (Å²) in [5.41, 5.74) is 1.83. The molecule has 0 spiro atoms. The number of guanidine groups is 1. The van der Waals surface area contributed by atoms with Gasteiger partial charge in [0, 0.05) is 24.9 Å². The van der Waals surface area contributed by atoms with E-state index in [9.17, 15) is 4.79 Å². The van der Waals surface area contributed by atoms with E-state index in [1.165, 1.54) is 0 Å². The Labute approximate surface area is 173 Å². The third-order valence-corrected chi connectivity index (χ3v) is 4.18. The second-order valence-electron chi connectivity index (χ2n) is 6.34. The van der Waals surface area contributed by atoms with Gasteiger partial charge in [-0.05, 0) is 50.8 Å². The van der Waals surface area contributed by atoms with E-state index in [0.717, 1.165) is 43.0 Å². The molecule has 1 heterocycles. The SMILES string of the molecule is CCNC(=NCc1cccc(NC(=O)C2CCCO2)c1)NC(C)CC.I. The van der Waals surface area contributed by atoms with Crippen LogP contribution in [0.2, 0.25) is 0 Å². The van der Waals surface area contributed by atoms with Crippen LogP contribution in [0.3, 0.4) is 0 Å². The summed E-state index contributed by atoms with van der Waals surface area (Å²) >= 11 is 0. The summed E-state index contributed by atoms with van der Waals surface area (Å²) in [6.45, 7) is 8.36. The molecular weight excluding hydrogens is 443 g/mol. The molecular formula is C19H31IN4O2. The van der Waals surface area contributed by atoms with E-state index in [4.69, 9.17) is 4.74 Å². The van der Waals surface area contributed by atoms with Crippen molar-refractivity contribution in [2.45, 2.75) is 58.7 Å². The van der Waals surface area contributed by atoms with Gasteiger partial charge < -0.3 is 20.7 Å². The van der Waals surface area contributed by atoms with E-state index in [-0.39, 0.29) is 36.0 Å². The summed E-state index contributed by atoms with van der Waals surface area (Å²) in [5.74, 6) is 0.746. The minimum atomic E-state index is -0.318. The van der Waals surface area contributed by atoms with Crippen LogP contribution >= 0.6 is 24.0 Å². The molecule has 146 valence electrons. The van der Waals surface area contributed by atoms with Gasteiger partial charge >= 0.3 is 0 Å². The van der Waals surface area contributed by atoms with Gasteiger partial charge in [-0.1, -0.05) is 19.1 Å². The molecule has 2 unspecified atom stereocenters. The molecule has 0 aromatic heterocycles. The summed E-state index contributed by atoms with van der Waals surface area (Å²) in [5, 5.41) is 9.56. The van der Waals surface area contributed by atoms with Gasteiger partial charge in [-0.15, -0.1) is 24.0 Å². The molecule has 0 saturated carbocycles. The number of benzene rings is 1. The van der Waals surface area contributed by atoms with Gasteiger partial charge in [0.15, 0.2) is 5.96 Å². The first-order chi connectivity index (χ1) is 12.1. The van der Waals surface area contributed by atoms with E-state index in [2.05, 4.69) is 41.7 Å². The Bertz CT molecular complexity index is 589. The minimum absolute atomic E-state index is 0. The number of anilines is 1. The predicted octanol–water partition coefficient (Wildman–Crippen LogP) is 3.28. The van der Waals surface area contributed by atoms with Crippen molar-refractivity contribution in [1.82, 2.24) is 10.6 Å². The van der Waals surface area contributed by atoms with Crippen molar-refractivity contribution in [3.05, 3.63) is 29.8 Å². The number of aliphatic imine (C=N–C) groups is 1. The molecule has 0 radical (unpaired) electrons. The Morgan fingerprint density at radius 2 is 2.19 bits per heavy atom. The van der Waals surface area contributed by atoms with Crippen molar-refractivity contribution in [3.8, 4) is 0 Å². The molecule has 7 heteroatoms. The minimum Gasteiger partial charge on any atom is -0.368 e. The van der Waals surface area contributed by atoms with Crippen LogP contribution in [0.25, 0.3) is 0 Å². The molecule has 0 aliphatic carbocycles. The fourth-order valence-electron chi connectivity index (χ4n) is 2.58. The maximum Gasteiger partial charge on any atom is 0.253 e. The van der Waals surface area contributed by atoms with Crippen molar-refractivity contribution in [1.29, 1.82) is 0 Å². The van der Waals surface area contributed by atoms with Crippen LogP contribution in [0.4, 0.5) is 5.69 Å². The van der Waals surface area contributed by atoms with Gasteiger partial charge in [0.1, 0.15) is 6.10 Å². The molecule has 26 heavy (non-hydrogen) atoms. The Morgan fingerprint density at radius 1 is 1.38 bits per heavy atom. The topological polar surface area (TPSA) is 74.8 Å². The van der Waals surface area contributed by atoms with Crippen molar-refractivity contribution in [2.24, 2.45) is 4.99 Å². The first-order valence-corrected chi connectivity index (χ1v) is 9.18. The molecule has 1 aliphatic heterocycles. The van der Waals surface area contributed by atoms with Crippen LogP contribution in [-0.2, 0) is 16.1 Å². The number of carbonyl (C=O) groups excluding carboxylic acids is 1. The molecule has 1 saturated heterocycles. The lowest BCUT2D eigenvalue weighted by molar-refractivity contribution is -0.124. The van der Waals surface area contributed by atoms with Crippen molar-refractivity contribution in [2.75, 3.05) is 18.5 Å². The number of ether oxygens (including phenoxy) is 1. The average Bonchev–Trinajstić information content (AvgIpc) is 3.15. The fraction of sp³-hybridized carbons (Fsp3) is 0.579. The van der Waals surface area contributed by atoms with E-state index in [1.807, 2.05) is 24.3 Å².